The van der Waals surface area contributed by atoms with Crippen LogP contribution in [0, 0.1) is 0 Å². The Bertz CT molecular complexity index is 1270. The van der Waals surface area contributed by atoms with Crippen molar-refractivity contribution in [1.29, 1.82) is 0 Å². The highest BCUT2D eigenvalue weighted by Crippen LogP contribution is 2.33. The van der Waals surface area contributed by atoms with E-state index in [0.717, 1.165) is 12.0 Å². The number of hydrogen-bond acceptors (Lipinski definition) is 7. The highest BCUT2D eigenvalue weighted by atomic mass is 16.5. The summed E-state index contributed by atoms with van der Waals surface area (Å²) in [7, 11) is 6.28. The lowest BCUT2D eigenvalue weighted by Crippen LogP contribution is -2.36. The number of ether oxygens (including phenoxy) is 4. The number of amides is 1. The summed E-state index contributed by atoms with van der Waals surface area (Å²) in [6, 6.07) is 7.25. The monoisotopic (exact) mass is 467 g/mol. The first-order chi connectivity index (χ1) is 16.5. The van der Waals surface area contributed by atoms with Crippen molar-refractivity contribution < 1.29 is 23.7 Å². The van der Waals surface area contributed by atoms with Gasteiger partial charge in [-0.05, 0) is 42.2 Å². The van der Waals surface area contributed by atoms with Crippen molar-refractivity contribution in [2.24, 2.45) is 0 Å². The lowest BCUT2D eigenvalue weighted by molar-refractivity contribution is -0.132. The molecule has 0 fully saturated rings. The Labute approximate surface area is 197 Å². The predicted octanol–water partition coefficient (Wildman–Crippen LogP) is 2.80. The van der Waals surface area contributed by atoms with Gasteiger partial charge in [0.2, 0.25) is 5.91 Å². The number of fused-ring (bicyclic) bond motifs is 2. The van der Waals surface area contributed by atoms with Crippen molar-refractivity contribution in [2.75, 3.05) is 35.0 Å². The van der Waals surface area contributed by atoms with Gasteiger partial charge in [0.05, 0.1) is 45.7 Å². The van der Waals surface area contributed by atoms with Crippen molar-refractivity contribution in [3.63, 3.8) is 0 Å². The second-order valence-corrected chi connectivity index (χ2v) is 8.11. The van der Waals surface area contributed by atoms with Gasteiger partial charge in [0.25, 0.3) is 5.56 Å². The number of aromatic nitrogens is 2. The molecule has 0 N–H and O–H groups in total. The predicted molar refractivity (Wildman–Crippen MR) is 127 cm³/mol. The summed E-state index contributed by atoms with van der Waals surface area (Å²) in [5.74, 6) is 2.42. The van der Waals surface area contributed by atoms with Crippen LogP contribution >= 0.6 is 0 Å². The molecular weight excluding hydrogens is 438 g/mol. The van der Waals surface area contributed by atoms with Crippen LogP contribution in [-0.4, -0.2) is 55.3 Å². The van der Waals surface area contributed by atoms with Gasteiger partial charge in [-0.1, -0.05) is 0 Å². The summed E-state index contributed by atoms with van der Waals surface area (Å²) in [6.07, 6.45) is 3.16. The first kappa shape index (κ1) is 23.4. The maximum atomic E-state index is 12.9. The van der Waals surface area contributed by atoms with Crippen molar-refractivity contribution in [3.8, 4) is 23.0 Å². The molecule has 1 aliphatic rings. The van der Waals surface area contributed by atoms with E-state index in [1.54, 1.807) is 26.4 Å². The molecule has 9 nitrogen and oxygen atoms in total. The number of aryl methyl sites for hydroxylation is 1. The third-order valence-electron chi connectivity index (χ3n) is 6.19. The van der Waals surface area contributed by atoms with E-state index >= 15 is 0 Å². The minimum absolute atomic E-state index is 0.0636. The first-order valence-corrected chi connectivity index (χ1v) is 11.1. The zero-order valence-electron chi connectivity index (χ0n) is 19.9. The van der Waals surface area contributed by atoms with Crippen molar-refractivity contribution in [2.45, 2.75) is 32.4 Å². The number of benzene rings is 2. The highest BCUT2D eigenvalue weighted by molar-refractivity contribution is 5.81. The summed E-state index contributed by atoms with van der Waals surface area (Å²) >= 11 is 0. The molecule has 2 aromatic carbocycles. The average molecular weight is 468 g/mol. The minimum Gasteiger partial charge on any atom is -0.493 e. The molecule has 4 rings (SSSR count). The van der Waals surface area contributed by atoms with Gasteiger partial charge in [0.15, 0.2) is 23.0 Å². The summed E-state index contributed by atoms with van der Waals surface area (Å²) in [5.41, 5.74) is 2.60. The zero-order chi connectivity index (χ0) is 24.2. The summed E-state index contributed by atoms with van der Waals surface area (Å²) < 4.78 is 22.9. The van der Waals surface area contributed by atoms with Crippen LogP contribution in [0.1, 0.15) is 24.0 Å². The van der Waals surface area contributed by atoms with Crippen molar-refractivity contribution in [1.82, 2.24) is 14.5 Å². The molecule has 0 radical (unpaired) electrons. The van der Waals surface area contributed by atoms with E-state index in [2.05, 4.69) is 4.98 Å². The molecule has 0 unspecified atom stereocenters. The van der Waals surface area contributed by atoms with Gasteiger partial charge in [-0.25, -0.2) is 4.98 Å². The van der Waals surface area contributed by atoms with E-state index in [4.69, 9.17) is 18.9 Å². The molecule has 3 aromatic rings. The lowest BCUT2D eigenvalue weighted by atomic mass is 9.98. The average Bonchev–Trinajstić information content (AvgIpc) is 2.87. The number of rotatable bonds is 8. The molecule has 1 aliphatic heterocycles. The standard InChI is InChI=1S/C25H29N3O6/c1-31-20-10-16-7-9-27(14-17(16)11-21(20)32-2)24(29)6-5-8-28-15-26-19-13-23(34-4)22(33-3)12-18(19)25(28)30/h10-13,15H,5-9,14H2,1-4H3. The zero-order valence-corrected chi connectivity index (χ0v) is 19.9. The Morgan fingerprint density at radius 1 is 0.912 bits per heavy atom. The fraction of sp³-hybridized carbons (Fsp3) is 0.400. The van der Waals surface area contributed by atoms with Crippen LogP contribution in [0.4, 0.5) is 0 Å². The Morgan fingerprint density at radius 2 is 1.53 bits per heavy atom. The molecule has 2 heterocycles. The smallest absolute Gasteiger partial charge is 0.261 e. The van der Waals surface area contributed by atoms with Gasteiger partial charge in [0.1, 0.15) is 0 Å². The molecule has 34 heavy (non-hydrogen) atoms. The normalized spacial score (nSPS) is 12.9. The number of carbonyl (C=O) groups excluding carboxylic acids is 1. The van der Waals surface area contributed by atoms with Gasteiger partial charge in [0, 0.05) is 32.1 Å². The summed E-state index contributed by atoms with van der Waals surface area (Å²) in [6.45, 7) is 1.59. The van der Waals surface area contributed by atoms with Crippen LogP contribution in [0.2, 0.25) is 0 Å². The molecular formula is C25H29N3O6. The summed E-state index contributed by atoms with van der Waals surface area (Å²) in [5, 5.41) is 0.448. The molecule has 0 aliphatic carbocycles. The topological polar surface area (TPSA) is 92.1 Å². The Balaban J connectivity index is 1.41. The molecule has 0 saturated carbocycles. The molecule has 1 aromatic heterocycles. The fourth-order valence-corrected chi connectivity index (χ4v) is 4.30. The number of carbonyl (C=O) groups is 1. The maximum Gasteiger partial charge on any atom is 0.261 e. The third-order valence-corrected chi connectivity index (χ3v) is 6.19. The second-order valence-electron chi connectivity index (χ2n) is 8.11. The van der Waals surface area contributed by atoms with Gasteiger partial charge < -0.3 is 23.8 Å². The molecule has 9 heteroatoms. The van der Waals surface area contributed by atoms with Gasteiger partial charge in [-0.2, -0.15) is 0 Å². The molecule has 0 saturated heterocycles. The largest absolute Gasteiger partial charge is 0.493 e. The Hall–Kier alpha value is -3.75. The van der Waals surface area contributed by atoms with Crippen LogP contribution in [0.5, 0.6) is 23.0 Å². The number of nitrogens with zero attached hydrogens (tertiary/aromatic N) is 3. The maximum absolute atomic E-state index is 12.9. The summed E-state index contributed by atoms with van der Waals surface area (Å²) in [4.78, 5) is 32.0. The van der Waals surface area contributed by atoms with E-state index in [-0.39, 0.29) is 11.5 Å². The number of hydrogen-bond donors (Lipinski definition) is 0. The van der Waals surface area contributed by atoms with Crippen LogP contribution in [0.3, 0.4) is 0 Å². The minimum atomic E-state index is -0.175. The van der Waals surface area contributed by atoms with Crippen LogP contribution in [0.25, 0.3) is 10.9 Å². The quantitative estimate of drug-likeness (QED) is 0.503. The van der Waals surface area contributed by atoms with E-state index in [1.165, 1.54) is 30.7 Å². The van der Waals surface area contributed by atoms with E-state index in [1.807, 2.05) is 17.0 Å². The van der Waals surface area contributed by atoms with E-state index in [0.29, 0.717) is 66.4 Å². The van der Waals surface area contributed by atoms with Crippen LogP contribution in [0.15, 0.2) is 35.4 Å². The number of methoxy groups -OCH3 is 4. The van der Waals surface area contributed by atoms with Gasteiger partial charge >= 0.3 is 0 Å². The molecule has 0 spiro atoms. The fourth-order valence-electron chi connectivity index (χ4n) is 4.30. The first-order valence-electron chi connectivity index (χ1n) is 11.1. The molecule has 1 amide bonds. The Kier molecular flexibility index (Phi) is 6.90. The third kappa shape index (κ3) is 4.50. The van der Waals surface area contributed by atoms with Crippen molar-refractivity contribution in [3.05, 3.63) is 52.1 Å². The molecule has 0 bridgehead atoms. The molecule has 180 valence electrons. The SMILES string of the molecule is COc1cc2c(cc1OC)CN(C(=O)CCCn1cnc3cc(OC)c(OC)cc3c1=O)CC2. The second kappa shape index (κ2) is 10.0. The van der Waals surface area contributed by atoms with E-state index in [9.17, 15) is 9.59 Å². The van der Waals surface area contributed by atoms with Crippen molar-refractivity contribution >= 4 is 16.8 Å². The van der Waals surface area contributed by atoms with Gasteiger partial charge in [-0.15, -0.1) is 0 Å². The molecule has 0 atom stereocenters. The van der Waals surface area contributed by atoms with Gasteiger partial charge in [-0.3, -0.25) is 14.2 Å². The van der Waals surface area contributed by atoms with E-state index < -0.39 is 0 Å². The van der Waals surface area contributed by atoms with Crippen LogP contribution < -0.4 is 24.5 Å². The lowest BCUT2D eigenvalue weighted by Gasteiger charge is -2.29. The Morgan fingerprint density at radius 3 is 2.21 bits per heavy atom. The van der Waals surface area contributed by atoms with Crippen LogP contribution in [-0.2, 0) is 24.3 Å². The highest BCUT2D eigenvalue weighted by Gasteiger charge is 2.22.